The zero-order chi connectivity index (χ0) is 26.6. The van der Waals surface area contributed by atoms with Gasteiger partial charge in [-0.3, -0.25) is 9.69 Å². The fourth-order valence-corrected chi connectivity index (χ4v) is 5.48. The van der Waals surface area contributed by atoms with Crippen LogP contribution in [0.4, 0.5) is 5.69 Å². The second-order valence-electron chi connectivity index (χ2n) is 10.4. The molecule has 2 heterocycles. The van der Waals surface area contributed by atoms with Crippen LogP contribution in [0.1, 0.15) is 32.1 Å². The highest BCUT2D eigenvalue weighted by molar-refractivity contribution is 5.91. The SMILES string of the molecule is COc1c(O)cc(O)c2c(=O)cc(-c3ccc(N(C)CCC4CCN(CC5=CCCC=C5)CC4)cc3)oc12. The lowest BCUT2D eigenvalue weighted by atomic mass is 9.93. The summed E-state index contributed by atoms with van der Waals surface area (Å²) in [4.78, 5) is 17.6. The van der Waals surface area contributed by atoms with E-state index in [-0.39, 0.29) is 28.2 Å². The number of hydrogen-bond acceptors (Lipinski definition) is 7. The number of aromatic hydroxyl groups is 2. The first-order chi connectivity index (χ1) is 18.4. The van der Waals surface area contributed by atoms with Crippen molar-refractivity contribution >= 4 is 16.7 Å². The number of fused-ring (bicyclic) bond motifs is 1. The molecule has 1 aliphatic carbocycles. The van der Waals surface area contributed by atoms with Crippen LogP contribution in [0.3, 0.4) is 0 Å². The van der Waals surface area contributed by atoms with Gasteiger partial charge < -0.3 is 24.3 Å². The molecule has 1 saturated heterocycles. The molecule has 38 heavy (non-hydrogen) atoms. The van der Waals surface area contributed by atoms with E-state index >= 15 is 0 Å². The fourth-order valence-electron chi connectivity index (χ4n) is 5.48. The largest absolute Gasteiger partial charge is 0.507 e. The van der Waals surface area contributed by atoms with Gasteiger partial charge in [-0.15, -0.1) is 0 Å². The molecule has 0 unspecified atom stereocenters. The highest BCUT2D eigenvalue weighted by Gasteiger charge is 2.21. The summed E-state index contributed by atoms with van der Waals surface area (Å²) < 4.78 is 11.1. The Morgan fingerprint density at radius 2 is 1.84 bits per heavy atom. The minimum atomic E-state index is -0.406. The fraction of sp³-hybridized carbons (Fsp3) is 0.387. The van der Waals surface area contributed by atoms with Gasteiger partial charge in [0.2, 0.25) is 5.75 Å². The third-order valence-electron chi connectivity index (χ3n) is 7.77. The van der Waals surface area contributed by atoms with Crippen molar-refractivity contribution in [1.29, 1.82) is 0 Å². The van der Waals surface area contributed by atoms with Gasteiger partial charge >= 0.3 is 0 Å². The van der Waals surface area contributed by atoms with Gasteiger partial charge in [-0.2, -0.15) is 0 Å². The molecule has 7 heteroatoms. The average Bonchev–Trinajstić information content (AvgIpc) is 2.93. The van der Waals surface area contributed by atoms with Gasteiger partial charge in [0.1, 0.15) is 16.9 Å². The molecule has 1 fully saturated rings. The van der Waals surface area contributed by atoms with Gasteiger partial charge in [0.15, 0.2) is 16.8 Å². The van der Waals surface area contributed by atoms with Gasteiger partial charge in [-0.25, -0.2) is 0 Å². The van der Waals surface area contributed by atoms with E-state index in [1.54, 1.807) is 0 Å². The summed E-state index contributed by atoms with van der Waals surface area (Å²) in [5, 5.41) is 20.2. The molecule has 0 atom stereocenters. The van der Waals surface area contributed by atoms with E-state index in [1.807, 2.05) is 24.3 Å². The van der Waals surface area contributed by atoms with Crippen LogP contribution in [-0.4, -0.2) is 55.4 Å². The first kappa shape index (κ1) is 25.9. The normalized spacial score (nSPS) is 16.5. The van der Waals surface area contributed by atoms with Crippen LogP contribution < -0.4 is 15.1 Å². The Morgan fingerprint density at radius 1 is 1.08 bits per heavy atom. The topological polar surface area (TPSA) is 86.4 Å². The average molecular weight is 517 g/mol. The molecular formula is C31H36N2O5. The van der Waals surface area contributed by atoms with E-state index < -0.39 is 5.43 Å². The summed E-state index contributed by atoms with van der Waals surface area (Å²) in [6.07, 6.45) is 13.0. The Hall–Kier alpha value is -3.71. The second kappa shape index (κ2) is 11.4. The number of allylic oxidation sites excluding steroid dienone is 2. The minimum absolute atomic E-state index is 0.0156. The summed E-state index contributed by atoms with van der Waals surface area (Å²) in [5.74, 6) is 0.464. The molecule has 7 nitrogen and oxygen atoms in total. The Bertz CT molecular complexity index is 1400. The molecule has 0 saturated carbocycles. The summed E-state index contributed by atoms with van der Waals surface area (Å²) in [6.45, 7) is 4.41. The van der Waals surface area contributed by atoms with Crippen molar-refractivity contribution < 1.29 is 19.4 Å². The van der Waals surface area contributed by atoms with Crippen molar-refractivity contribution in [3.05, 3.63) is 70.4 Å². The number of benzene rings is 2. The number of anilines is 1. The van der Waals surface area contributed by atoms with Crippen molar-refractivity contribution in [3.8, 4) is 28.6 Å². The zero-order valence-corrected chi connectivity index (χ0v) is 22.2. The molecule has 1 aliphatic heterocycles. The number of phenols is 2. The smallest absolute Gasteiger partial charge is 0.204 e. The minimum Gasteiger partial charge on any atom is -0.507 e. The number of nitrogens with zero attached hydrogens (tertiary/aromatic N) is 2. The summed E-state index contributed by atoms with van der Waals surface area (Å²) in [5.41, 5.74) is 2.90. The monoisotopic (exact) mass is 516 g/mol. The van der Waals surface area contributed by atoms with Crippen LogP contribution in [0.2, 0.25) is 0 Å². The Kier molecular flexibility index (Phi) is 7.74. The maximum atomic E-state index is 12.7. The lowest BCUT2D eigenvalue weighted by molar-refractivity contribution is 0.193. The van der Waals surface area contributed by atoms with E-state index in [0.717, 1.165) is 36.3 Å². The van der Waals surface area contributed by atoms with E-state index in [9.17, 15) is 15.0 Å². The first-order valence-electron chi connectivity index (χ1n) is 13.4. The number of likely N-dealkylation sites (tertiary alicyclic amines) is 1. The Balaban J connectivity index is 1.20. The van der Waals surface area contributed by atoms with Crippen molar-refractivity contribution in [2.75, 3.05) is 45.2 Å². The molecule has 2 N–H and O–H groups in total. The van der Waals surface area contributed by atoms with Crippen LogP contribution in [0, 0.1) is 5.92 Å². The third-order valence-corrected chi connectivity index (χ3v) is 7.77. The summed E-state index contributed by atoms with van der Waals surface area (Å²) in [6, 6.07) is 10.3. The zero-order valence-electron chi connectivity index (χ0n) is 22.2. The second-order valence-corrected chi connectivity index (χ2v) is 10.4. The molecule has 1 aromatic heterocycles. The Morgan fingerprint density at radius 3 is 2.53 bits per heavy atom. The molecule has 200 valence electrons. The highest BCUT2D eigenvalue weighted by Crippen LogP contribution is 2.40. The Labute approximate surface area is 223 Å². The van der Waals surface area contributed by atoms with E-state index in [0.29, 0.717) is 5.76 Å². The van der Waals surface area contributed by atoms with Crippen LogP contribution in [0.15, 0.2) is 69.4 Å². The molecule has 0 radical (unpaired) electrons. The van der Waals surface area contributed by atoms with Gasteiger partial charge in [0.05, 0.1) is 7.11 Å². The predicted octanol–water partition coefficient (Wildman–Crippen LogP) is 5.69. The van der Waals surface area contributed by atoms with Crippen molar-refractivity contribution in [3.63, 3.8) is 0 Å². The van der Waals surface area contributed by atoms with Crippen molar-refractivity contribution in [2.24, 2.45) is 5.92 Å². The van der Waals surface area contributed by atoms with Gasteiger partial charge in [-0.05, 0) is 81.0 Å². The van der Waals surface area contributed by atoms with Gasteiger partial charge in [0, 0.05) is 43.5 Å². The van der Waals surface area contributed by atoms with E-state index in [4.69, 9.17) is 9.15 Å². The molecule has 2 aromatic carbocycles. The molecule has 5 rings (SSSR count). The number of ether oxygens (including phenoxy) is 1. The van der Waals surface area contributed by atoms with Crippen LogP contribution in [0.5, 0.6) is 17.2 Å². The van der Waals surface area contributed by atoms with Gasteiger partial charge in [0.25, 0.3) is 0 Å². The van der Waals surface area contributed by atoms with Crippen LogP contribution in [0.25, 0.3) is 22.3 Å². The van der Waals surface area contributed by atoms with E-state index in [1.165, 1.54) is 63.9 Å². The standard InChI is InChI=1S/C31H36N2O5/c1-32(15-12-21-13-16-33(17-14-21)20-22-6-4-3-5-7-22)24-10-8-23(9-11-24)28-19-26(35)29-25(34)18-27(36)30(37-2)31(29)38-28/h4,6-11,18-19,21,34,36H,3,5,12-17,20H2,1-2H3. The maximum absolute atomic E-state index is 12.7. The molecule has 3 aromatic rings. The number of piperidine rings is 1. The summed E-state index contributed by atoms with van der Waals surface area (Å²) in [7, 11) is 3.48. The summed E-state index contributed by atoms with van der Waals surface area (Å²) >= 11 is 0. The first-order valence-corrected chi connectivity index (χ1v) is 13.4. The number of rotatable bonds is 8. The lowest BCUT2D eigenvalue weighted by Crippen LogP contribution is -2.36. The number of phenolic OH excluding ortho intramolecular Hbond substituents is 2. The number of methoxy groups -OCH3 is 1. The highest BCUT2D eigenvalue weighted by atomic mass is 16.5. The maximum Gasteiger partial charge on any atom is 0.204 e. The third kappa shape index (κ3) is 5.58. The lowest BCUT2D eigenvalue weighted by Gasteiger charge is -2.33. The number of hydrogen-bond donors (Lipinski definition) is 2. The van der Waals surface area contributed by atoms with Crippen LogP contribution in [-0.2, 0) is 0 Å². The van der Waals surface area contributed by atoms with Crippen LogP contribution >= 0.6 is 0 Å². The van der Waals surface area contributed by atoms with Crippen molar-refractivity contribution in [2.45, 2.75) is 32.1 Å². The molecule has 0 bridgehead atoms. The molecule has 0 amide bonds. The molecular weight excluding hydrogens is 480 g/mol. The van der Waals surface area contributed by atoms with Gasteiger partial charge in [-0.1, -0.05) is 18.2 Å². The quantitative estimate of drug-likeness (QED) is 0.397. The predicted molar refractivity (Wildman–Crippen MR) is 151 cm³/mol. The molecule has 2 aliphatic rings. The van der Waals surface area contributed by atoms with E-state index in [2.05, 4.69) is 35.1 Å². The van der Waals surface area contributed by atoms with Crippen molar-refractivity contribution in [1.82, 2.24) is 4.90 Å². The molecule has 0 spiro atoms.